The van der Waals surface area contributed by atoms with Gasteiger partial charge in [-0.2, -0.15) is 0 Å². The van der Waals surface area contributed by atoms with Crippen LogP contribution in [0.1, 0.15) is 177 Å². The van der Waals surface area contributed by atoms with E-state index in [1.54, 1.807) is 5.56 Å². The monoisotopic (exact) mass is 870 g/mol. The maximum absolute atomic E-state index is 2.97. The van der Waals surface area contributed by atoms with E-state index in [2.05, 4.69) is 207 Å². The van der Waals surface area contributed by atoms with Gasteiger partial charge in [-0.05, 0) is 151 Å². The van der Waals surface area contributed by atoms with E-state index in [1.807, 2.05) is 0 Å². The standard InChI is InChI=1S/C63H71N3/c1-39-34-40(2)56-57-53(39)54-46-36-43(59(6,7)8)27-29-49(46)64(48-28-26-42(58(3,4)5)35-45(48)41-22-14-13-15-23-41)51-37-44(38-52(55(51)54)66(57)63(12)33-21-19-31-61(56,63)10)65-50-25-17-16-24-47(50)60(9)30-18-20-32-62(60,65)11/h13-17,22-29,34-38,54H,18-21,30-33H2,1-12H3. The molecule has 3 heteroatoms. The second-order valence-corrected chi connectivity index (χ2v) is 24.5. The molecule has 2 fully saturated rings. The van der Waals surface area contributed by atoms with Crippen molar-refractivity contribution in [1.82, 2.24) is 0 Å². The van der Waals surface area contributed by atoms with E-state index in [0.29, 0.717) is 0 Å². The lowest BCUT2D eigenvalue weighted by Crippen LogP contribution is -2.56. The van der Waals surface area contributed by atoms with E-state index in [1.165, 1.54) is 147 Å². The third kappa shape index (κ3) is 5.32. The Morgan fingerprint density at radius 1 is 0.500 bits per heavy atom. The van der Waals surface area contributed by atoms with Gasteiger partial charge in [-0.1, -0.05) is 154 Å². The molecule has 338 valence electrons. The topological polar surface area (TPSA) is 9.72 Å². The Morgan fingerprint density at radius 2 is 1.09 bits per heavy atom. The van der Waals surface area contributed by atoms with E-state index >= 15 is 0 Å². The van der Waals surface area contributed by atoms with Crippen molar-refractivity contribution in [3.8, 4) is 11.1 Å². The molecule has 2 saturated carbocycles. The number of para-hydroxylation sites is 1. The van der Waals surface area contributed by atoms with Gasteiger partial charge < -0.3 is 14.7 Å². The molecule has 6 aliphatic rings. The molecule has 0 saturated heterocycles. The van der Waals surface area contributed by atoms with Crippen LogP contribution in [0.3, 0.4) is 0 Å². The van der Waals surface area contributed by atoms with Crippen molar-refractivity contribution in [3.63, 3.8) is 0 Å². The summed E-state index contributed by atoms with van der Waals surface area (Å²) in [5, 5.41) is 0. The van der Waals surface area contributed by atoms with Crippen molar-refractivity contribution in [2.24, 2.45) is 0 Å². The van der Waals surface area contributed by atoms with Gasteiger partial charge in [0, 0.05) is 39.2 Å². The van der Waals surface area contributed by atoms with E-state index < -0.39 is 0 Å². The number of hydrogen-bond donors (Lipinski definition) is 0. The van der Waals surface area contributed by atoms with Gasteiger partial charge in [-0.25, -0.2) is 0 Å². The lowest BCUT2D eigenvalue weighted by molar-refractivity contribution is 0.193. The third-order valence-electron chi connectivity index (χ3n) is 18.9. The second-order valence-electron chi connectivity index (χ2n) is 24.5. The molecule has 0 spiro atoms. The molecule has 6 aromatic carbocycles. The first kappa shape index (κ1) is 42.1. The maximum Gasteiger partial charge on any atom is 0.0545 e. The first-order chi connectivity index (χ1) is 31.3. The van der Waals surface area contributed by atoms with E-state index in [4.69, 9.17) is 0 Å². The average molecular weight is 870 g/mol. The minimum absolute atomic E-state index is 0.00614. The average Bonchev–Trinajstić information content (AvgIpc) is 3.63. The summed E-state index contributed by atoms with van der Waals surface area (Å²) in [5.41, 5.74) is 25.2. The zero-order valence-electron chi connectivity index (χ0n) is 42.0. The quantitative estimate of drug-likeness (QED) is 0.175. The van der Waals surface area contributed by atoms with E-state index in [-0.39, 0.29) is 38.7 Å². The molecule has 0 aromatic heterocycles. The van der Waals surface area contributed by atoms with Crippen molar-refractivity contribution < 1.29 is 0 Å². The third-order valence-corrected chi connectivity index (χ3v) is 18.9. The molecule has 5 atom stereocenters. The Labute approximate surface area is 396 Å². The first-order valence-corrected chi connectivity index (χ1v) is 25.5. The van der Waals surface area contributed by atoms with Crippen LogP contribution in [-0.2, 0) is 21.7 Å². The molecule has 12 rings (SSSR count). The van der Waals surface area contributed by atoms with Gasteiger partial charge in [0.2, 0.25) is 0 Å². The van der Waals surface area contributed by atoms with Crippen LogP contribution in [0.4, 0.5) is 39.8 Å². The molecule has 66 heavy (non-hydrogen) atoms. The molecule has 6 aromatic rings. The van der Waals surface area contributed by atoms with Crippen LogP contribution in [0.25, 0.3) is 11.1 Å². The van der Waals surface area contributed by atoms with Gasteiger partial charge in [-0.3, -0.25) is 0 Å². The van der Waals surface area contributed by atoms with Crippen molar-refractivity contribution >= 4 is 39.8 Å². The number of rotatable bonds is 3. The van der Waals surface area contributed by atoms with Crippen molar-refractivity contribution in [3.05, 3.63) is 159 Å². The summed E-state index contributed by atoms with van der Waals surface area (Å²) in [7, 11) is 0. The number of fused-ring (bicyclic) bond motifs is 10. The minimum atomic E-state index is -0.0770. The van der Waals surface area contributed by atoms with E-state index in [0.717, 1.165) is 0 Å². The second kappa shape index (κ2) is 13.7. The molecule has 0 radical (unpaired) electrons. The molecular formula is C63H71N3. The number of hydrogen-bond acceptors (Lipinski definition) is 3. The van der Waals surface area contributed by atoms with Crippen LogP contribution in [0.5, 0.6) is 0 Å². The van der Waals surface area contributed by atoms with Gasteiger partial charge in [-0.15, -0.1) is 0 Å². The van der Waals surface area contributed by atoms with Crippen LogP contribution in [-0.4, -0.2) is 11.1 Å². The predicted octanol–water partition coefficient (Wildman–Crippen LogP) is 17.3. The Morgan fingerprint density at radius 3 is 1.79 bits per heavy atom. The molecule has 4 aliphatic heterocycles. The number of nitrogens with zero attached hydrogens (tertiary/aromatic N) is 3. The summed E-state index contributed by atoms with van der Waals surface area (Å²) >= 11 is 0. The Hall–Kier alpha value is -5.28. The minimum Gasteiger partial charge on any atom is -0.334 e. The number of benzene rings is 6. The molecule has 5 unspecified atom stereocenters. The summed E-state index contributed by atoms with van der Waals surface area (Å²) in [6.45, 7) is 29.6. The Kier molecular flexibility index (Phi) is 8.72. The molecule has 4 heterocycles. The summed E-state index contributed by atoms with van der Waals surface area (Å²) in [6, 6.07) is 43.6. The molecule has 0 bridgehead atoms. The molecular weight excluding hydrogens is 799 g/mol. The van der Waals surface area contributed by atoms with Gasteiger partial charge in [0.25, 0.3) is 0 Å². The summed E-state index contributed by atoms with van der Waals surface area (Å²) in [5.74, 6) is 0.0889. The lowest BCUT2D eigenvalue weighted by atomic mass is 9.61. The van der Waals surface area contributed by atoms with Crippen LogP contribution in [0, 0.1) is 13.8 Å². The summed E-state index contributed by atoms with van der Waals surface area (Å²) in [4.78, 5) is 8.55. The molecule has 0 N–H and O–H groups in total. The highest BCUT2D eigenvalue weighted by molar-refractivity contribution is 6.01. The fourth-order valence-corrected chi connectivity index (χ4v) is 15.0. The van der Waals surface area contributed by atoms with Gasteiger partial charge >= 0.3 is 0 Å². The van der Waals surface area contributed by atoms with E-state index in [9.17, 15) is 0 Å². The lowest BCUT2D eigenvalue weighted by Gasteiger charge is -2.54. The molecule has 0 amide bonds. The summed E-state index contributed by atoms with van der Waals surface area (Å²) < 4.78 is 0. The highest BCUT2D eigenvalue weighted by Gasteiger charge is 2.63. The van der Waals surface area contributed by atoms with Crippen LogP contribution in [0.15, 0.2) is 109 Å². The number of anilines is 7. The van der Waals surface area contributed by atoms with Crippen LogP contribution < -0.4 is 14.7 Å². The molecule has 2 aliphatic carbocycles. The van der Waals surface area contributed by atoms with Crippen LogP contribution >= 0.6 is 0 Å². The fraction of sp³-hybridized carbons (Fsp3) is 0.429. The zero-order valence-corrected chi connectivity index (χ0v) is 42.0. The maximum atomic E-state index is 2.97. The molecule has 3 nitrogen and oxygen atoms in total. The smallest absolute Gasteiger partial charge is 0.0545 e. The van der Waals surface area contributed by atoms with Crippen LogP contribution in [0.2, 0.25) is 0 Å². The van der Waals surface area contributed by atoms with Gasteiger partial charge in [0.1, 0.15) is 0 Å². The Balaban J connectivity index is 1.25. The normalized spacial score (nSPS) is 26.9. The van der Waals surface area contributed by atoms with Crippen molar-refractivity contribution in [2.75, 3.05) is 14.7 Å². The predicted molar refractivity (Wildman–Crippen MR) is 280 cm³/mol. The highest BCUT2D eigenvalue weighted by atomic mass is 15.3. The SMILES string of the molecule is Cc1cc(C)c2c3c1C1c4cc(C(C)(C)C)ccc4N(c4ccc(C(C)(C)C)cc4-c4ccccc4)c4cc(N5c6ccccc6C6(C)CCCCC56C)cc(c41)N3C1(C)CCCCC21C. The first-order valence-electron chi connectivity index (χ1n) is 25.5. The number of aryl methyl sites for hydroxylation is 2. The van der Waals surface area contributed by atoms with Gasteiger partial charge in [0.15, 0.2) is 0 Å². The summed E-state index contributed by atoms with van der Waals surface area (Å²) in [6.07, 6.45) is 9.86. The van der Waals surface area contributed by atoms with Gasteiger partial charge in [0.05, 0.1) is 39.5 Å². The fourth-order valence-electron chi connectivity index (χ4n) is 15.0. The largest absolute Gasteiger partial charge is 0.334 e. The van der Waals surface area contributed by atoms with Crippen molar-refractivity contribution in [1.29, 1.82) is 0 Å². The highest BCUT2D eigenvalue weighted by Crippen LogP contribution is 2.71. The zero-order chi connectivity index (χ0) is 46.1. The van der Waals surface area contributed by atoms with Crippen molar-refractivity contribution in [2.45, 2.75) is 173 Å². The Bertz CT molecular complexity index is 3020.